The quantitative estimate of drug-likeness (QED) is 0.840. The average Bonchev–Trinajstić information content (AvgIpc) is 2.63. The fourth-order valence-corrected chi connectivity index (χ4v) is 1.67. The second-order valence-electron chi connectivity index (χ2n) is 3.44. The molecule has 0 spiro atoms. The number of aromatic nitrogens is 1. The molecule has 1 N–H and O–H groups in total. The molecular weight excluding hydrogens is 208 g/mol. The molecule has 1 aromatic heterocycles. The lowest BCUT2D eigenvalue weighted by Gasteiger charge is -2.08. The van der Waals surface area contributed by atoms with Gasteiger partial charge in [-0.15, -0.1) is 0 Å². The van der Waals surface area contributed by atoms with Crippen LogP contribution in [0.1, 0.15) is 5.69 Å². The molecule has 0 bridgehead atoms. The van der Waals surface area contributed by atoms with E-state index in [1.165, 1.54) is 5.69 Å². The van der Waals surface area contributed by atoms with Crippen LogP contribution in [-0.2, 0) is 13.6 Å². The third-order valence-corrected chi connectivity index (χ3v) is 2.71. The molecule has 2 aromatic rings. The lowest BCUT2D eigenvalue weighted by Crippen LogP contribution is -2.04. The first-order valence-corrected chi connectivity index (χ1v) is 5.24. The molecule has 1 aromatic carbocycles. The molecule has 0 aliphatic rings. The summed E-state index contributed by atoms with van der Waals surface area (Å²) in [6.07, 6.45) is 2.03. The number of anilines is 1. The van der Waals surface area contributed by atoms with Crippen LogP contribution in [0.15, 0.2) is 42.6 Å². The van der Waals surface area contributed by atoms with E-state index in [1.54, 1.807) is 0 Å². The summed E-state index contributed by atoms with van der Waals surface area (Å²) in [6, 6.07) is 11.9. The van der Waals surface area contributed by atoms with Gasteiger partial charge in [0.05, 0.1) is 17.3 Å². The van der Waals surface area contributed by atoms with Crippen LogP contribution >= 0.6 is 11.6 Å². The van der Waals surface area contributed by atoms with Crippen molar-refractivity contribution in [3.05, 3.63) is 53.3 Å². The summed E-state index contributed by atoms with van der Waals surface area (Å²) < 4.78 is 2.09. The first kappa shape index (κ1) is 10.1. The molecule has 15 heavy (non-hydrogen) atoms. The smallest absolute Gasteiger partial charge is 0.0637 e. The Morgan fingerprint density at radius 2 is 2.00 bits per heavy atom. The standard InChI is InChI=1S/C12H13ClN2/c1-15-8-4-5-10(15)9-14-12-7-3-2-6-11(12)13/h2-8,14H,9H2,1H3. The minimum atomic E-state index is 0.756. The highest BCUT2D eigenvalue weighted by Gasteiger charge is 1.99. The maximum atomic E-state index is 6.03. The van der Waals surface area contributed by atoms with Crippen LogP contribution in [0.3, 0.4) is 0 Å². The monoisotopic (exact) mass is 220 g/mol. The van der Waals surface area contributed by atoms with Crippen LogP contribution in [0, 0.1) is 0 Å². The first-order valence-electron chi connectivity index (χ1n) is 4.86. The number of rotatable bonds is 3. The van der Waals surface area contributed by atoms with Gasteiger partial charge in [-0.3, -0.25) is 0 Å². The lowest BCUT2D eigenvalue weighted by molar-refractivity contribution is 0.842. The minimum absolute atomic E-state index is 0.756. The van der Waals surface area contributed by atoms with Gasteiger partial charge in [0.25, 0.3) is 0 Å². The van der Waals surface area contributed by atoms with Crippen molar-refractivity contribution in [3.8, 4) is 0 Å². The summed E-state index contributed by atoms with van der Waals surface area (Å²) in [5.74, 6) is 0. The number of para-hydroxylation sites is 1. The van der Waals surface area contributed by atoms with Crippen molar-refractivity contribution in [3.63, 3.8) is 0 Å². The molecule has 0 fully saturated rings. The highest BCUT2D eigenvalue weighted by molar-refractivity contribution is 6.33. The van der Waals surface area contributed by atoms with Crippen molar-refractivity contribution in [2.24, 2.45) is 7.05 Å². The molecule has 0 radical (unpaired) electrons. The maximum absolute atomic E-state index is 6.03. The zero-order valence-corrected chi connectivity index (χ0v) is 9.33. The van der Waals surface area contributed by atoms with Gasteiger partial charge in [-0.25, -0.2) is 0 Å². The Morgan fingerprint density at radius 3 is 2.67 bits per heavy atom. The summed E-state index contributed by atoms with van der Waals surface area (Å²) in [4.78, 5) is 0. The summed E-state index contributed by atoms with van der Waals surface area (Å²) in [5.41, 5.74) is 2.20. The summed E-state index contributed by atoms with van der Waals surface area (Å²) in [5, 5.41) is 4.06. The van der Waals surface area contributed by atoms with Crippen molar-refractivity contribution in [2.45, 2.75) is 6.54 Å². The van der Waals surface area contributed by atoms with Crippen LogP contribution in [0.5, 0.6) is 0 Å². The largest absolute Gasteiger partial charge is 0.378 e. The SMILES string of the molecule is Cn1cccc1CNc1ccccc1Cl. The molecule has 0 saturated carbocycles. The second kappa shape index (κ2) is 4.41. The van der Waals surface area contributed by atoms with E-state index in [9.17, 15) is 0 Å². The zero-order chi connectivity index (χ0) is 10.7. The van der Waals surface area contributed by atoms with Gasteiger partial charge in [-0.2, -0.15) is 0 Å². The summed E-state index contributed by atoms with van der Waals surface area (Å²) in [7, 11) is 2.03. The van der Waals surface area contributed by atoms with Gasteiger partial charge in [0.1, 0.15) is 0 Å². The minimum Gasteiger partial charge on any atom is -0.378 e. The van der Waals surface area contributed by atoms with Gasteiger partial charge in [-0.1, -0.05) is 23.7 Å². The Kier molecular flexibility index (Phi) is 2.97. The predicted molar refractivity (Wildman–Crippen MR) is 64.2 cm³/mol. The third-order valence-electron chi connectivity index (χ3n) is 2.39. The van der Waals surface area contributed by atoms with Crippen LogP contribution < -0.4 is 5.32 Å². The topological polar surface area (TPSA) is 17.0 Å². The number of nitrogens with one attached hydrogen (secondary N) is 1. The van der Waals surface area contributed by atoms with E-state index in [4.69, 9.17) is 11.6 Å². The van der Waals surface area contributed by atoms with Crippen LogP contribution in [0.4, 0.5) is 5.69 Å². The van der Waals surface area contributed by atoms with Gasteiger partial charge in [-0.05, 0) is 24.3 Å². The Balaban J connectivity index is 2.06. The van der Waals surface area contributed by atoms with Crippen LogP contribution in [0.25, 0.3) is 0 Å². The van der Waals surface area contributed by atoms with E-state index in [1.807, 2.05) is 43.6 Å². The number of hydrogen-bond donors (Lipinski definition) is 1. The molecule has 2 rings (SSSR count). The molecular formula is C12H13ClN2. The molecule has 0 saturated heterocycles. The molecule has 2 nitrogen and oxygen atoms in total. The fourth-order valence-electron chi connectivity index (χ4n) is 1.47. The number of halogens is 1. The molecule has 0 aliphatic heterocycles. The molecule has 78 valence electrons. The van der Waals surface area contributed by atoms with Crippen LogP contribution in [0.2, 0.25) is 5.02 Å². The predicted octanol–water partition coefficient (Wildman–Crippen LogP) is 3.29. The Labute approximate surface area is 94.5 Å². The number of hydrogen-bond acceptors (Lipinski definition) is 1. The highest BCUT2D eigenvalue weighted by Crippen LogP contribution is 2.20. The number of benzene rings is 1. The average molecular weight is 221 g/mol. The summed E-state index contributed by atoms with van der Waals surface area (Å²) >= 11 is 6.03. The van der Waals surface area contributed by atoms with E-state index in [0.29, 0.717) is 0 Å². The number of aryl methyl sites for hydroxylation is 1. The van der Waals surface area contributed by atoms with E-state index in [2.05, 4.69) is 16.0 Å². The molecule has 1 heterocycles. The van der Waals surface area contributed by atoms with Gasteiger partial charge < -0.3 is 9.88 Å². The van der Waals surface area contributed by atoms with Gasteiger partial charge in [0.15, 0.2) is 0 Å². The molecule has 0 atom stereocenters. The van der Waals surface area contributed by atoms with E-state index < -0.39 is 0 Å². The van der Waals surface area contributed by atoms with Crippen molar-refractivity contribution in [2.75, 3.05) is 5.32 Å². The van der Waals surface area contributed by atoms with E-state index in [-0.39, 0.29) is 0 Å². The van der Waals surface area contributed by atoms with Crippen LogP contribution in [-0.4, -0.2) is 4.57 Å². The molecule has 0 unspecified atom stereocenters. The Hall–Kier alpha value is -1.41. The van der Waals surface area contributed by atoms with E-state index >= 15 is 0 Å². The highest BCUT2D eigenvalue weighted by atomic mass is 35.5. The van der Waals surface area contributed by atoms with Gasteiger partial charge in [0, 0.05) is 18.9 Å². The number of nitrogens with zero attached hydrogens (tertiary/aromatic N) is 1. The molecule has 3 heteroatoms. The second-order valence-corrected chi connectivity index (χ2v) is 3.85. The van der Waals surface area contributed by atoms with E-state index in [0.717, 1.165) is 17.3 Å². The third kappa shape index (κ3) is 2.34. The van der Waals surface area contributed by atoms with Crippen molar-refractivity contribution in [1.29, 1.82) is 0 Å². The first-order chi connectivity index (χ1) is 7.27. The maximum Gasteiger partial charge on any atom is 0.0637 e. The van der Waals surface area contributed by atoms with Crippen molar-refractivity contribution in [1.82, 2.24) is 4.57 Å². The fraction of sp³-hybridized carbons (Fsp3) is 0.167. The molecule has 0 amide bonds. The normalized spacial score (nSPS) is 10.3. The Bertz CT molecular complexity index is 448. The van der Waals surface area contributed by atoms with Gasteiger partial charge >= 0.3 is 0 Å². The van der Waals surface area contributed by atoms with Crippen molar-refractivity contribution >= 4 is 17.3 Å². The lowest BCUT2D eigenvalue weighted by atomic mass is 10.3. The van der Waals surface area contributed by atoms with Crippen molar-refractivity contribution < 1.29 is 0 Å². The molecule has 0 aliphatic carbocycles. The Morgan fingerprint density at radius 1 is 1.20 bits per heavy atom. The summed E-state index contributed by atoms with van der Waals surface area (Å²) in [6.45, 7) is 0.785. The zero-order valence-electron chi connectivity index (χ0n) is 8.57. The van der Waals surface area contributed by atoms with Gasteiger partial charge in [0.2, 0.25) is 0 Å².